The molecule has 0 radical (unpaired) electrons. The molecule has 0 bridgehead atoms. The molecule has 0 atom stereocenters. The van der Waals surface area contributed by atoms with E-state index >= 15 is 0 Å². The second-order valence-electron chi connectivity index (χ2n) is 5.99. The van der Waals surface area contributed by atoms with Crippen molar-refractivity contribution in [3.05, 3.63) is 70.6 Å². The number of H-pyrrole nitrogens is 1. The van der Waals surface area contributed by atoms with Crippen molar-refractivity contribution in [3.63, 3.8) is 0 Å². The summed E-state index contributed by atoms with van der Waals surface area (Å²) < 4.78 is 0. The summed E-state index contributed by atoms with van der Waals surface area (Å²) in [6, 6.07) is 16.2. The van der Waals surface area contributed by atoms with E-state index in [2.05, 4.69) is 20.5 Å². The lowest BCUT2D eigenvalue weighted by Gasteiger charge is -2.15. The van der Waals surface area contributed by atoms with E-state index in [1.165, 1.54) is 16.7 Å². The summed E-state index contributed by atoms with van der Waals surface area (Å²) >= 11 is 1.23. The van der Waals surface area contributed by atoms with E-state index in [0.29, 0.717) is 21.9 Å². The quantitative estimate of drug-likeness (QED) is 0.655. The van der Waals surface area contributed by atoms with Crippen molar-refractivity contribution in [3.8, 4) is 0 Å². The number of para-hydroxylation sites is 3. The topological polar surface area (TPSA) is 108 Å². The van der Waals surface area contributed by atoms with E-state index in [1.54, 1.807) is 36.4 Å². The Morgan fingerprint density at radius 2 is 1.89 bits per heavy atom. The van der Waals surface area contributed by atoms with Gasteiger partial charge >= 0.3 is 0 Å². The maximum absolute atomic E-state index is 12.3. The van der Waals surface area contributed by atoms with Gasteiger partial charge in [0, 0.05) is 0 Å². The Bertz CT molecular complexity index is 1140. The molecule has 2 heterocycles. The minimum absolute atomic E-state index is 0.103. The van der Waals surface area contributed by atoms with E-state index in [-0.39, 0.29) is 23.8 Å². The first-order chi connectivity index (χ1) is 13.6. The first-order valence-corrected chi connectivity index (χ1v) is 9.45. The Kier molecular flexibility index (Phi) is 4.90. The summed E-state index contributed by atoms with van der Waals surface area (Å²) in [7, 11) is 0. The zero-order chi connectivity index (χ0) is 19.5. The Morgan fingerprint density at radius 1 is 1.14 bits per heavy atom. The van der Waals surface area contributed by atoms with Gasteiger partial charge in [-0.25, -0.2) is 10.4 Å². The number of carbonyl (C=O) groups is 2. The van der Waals surface area contributed by atoms with E-state index in [1.807, 2.05) is 18.2 Å². The zero-order valence-electron chi connectivity index (χ0n) is 14.6. The van der Waals surface area contributed by atoms with Crippen LogP contribution in [0.25, 0.3) is 11.0 Å². The Balaban J connectivity index is 1.50. The van der Waals surface area contributed by atoms with Crippen LogP contribution in [0.3, 0.4) is 0 Å². The molecule has 2 amide bonds. The summed E-state index contributed by atoms with van der Waals surface area (Å²) in [5.74, 6) is -0.360. The van der Waals surface area contributed by atoms with Gasteiger partial charge in [0.15, 0.2) is 5.17 Å². The monoisotopic (exact) mass is 393 g/mol. The molecular weight excluding hydrogens is 378 g/mol. The third-order valence-electron chi connectivity index (χ3n) is 4.05. The van der Waals surface area contributed by atoms with E-state index < -0.39 is 11.5 Å². The molecule has 0 spiro atoms. The molecule has 4 rings (SSSR count). The fourth-order valence-electron chi connectivity index (χ4n) is 2.76. The SMILES string of the molecule is O=C(Cc1nc2ccccc2[nH]c1=O)N/N=C1\SCC(=O)N1c1ccccc1. The predicted molar refractivity (Wildman–Crippen MR) is 108 cm³/mol. The van der Waals surface area contributed by atoms with E-state index in [9.17, 15) is 14.4 Å². The molecule has 140 valence electrons. The highest BCUT2D eigenvalue weighted by Gasteiger charge is 2.29. The van der Waals surface area contributed by atoms with Gasteiger partial charge in [-0.15, -0.1) is 5.10 Å². The molecule has 1 saturated heterocycles. The number of hydrogen-bond donors (Lipinski definition) is 2. The highest BCUT2D eigenvalue weighted by Crippen LogP contribution is 2.25. The molecule has 1 fully saturated rings. The first-order valence-electron chi connectivity index (χ1n) is 8.47. The van der Waals surface area contributed by atoms with Crippen LogP contribution < -0.4 is 15.9 Å². The molecule has 0 saturated carbocycles. The molecule has 3 aromatic rings. The van der Waals surface area contributed by atoms with Crippen LogP contribution in [0.5, 0.6) is 0 Å². The van der Waals surface area contributed by atoms with Gasteiger partial charge in [0.2, 0.25) is 11.8 Å². The van der Waals surface area contributed by atoms with Crippen LogP contribution in [0.15, 0.2) is 64.5 Å². The number of amidine groups is 1. The molecule has 2 N–H and O–H groups in total. The number of thioether (sulfide) groups is 1. The van der Waals surface area contributed by atoms with Crippen molar-refractivity contribution < 1.29 is 9.59 Å². The maximum atomic E-state index is 12.3. The molecule has 2 aromatic carbocycles. The van der Waals surface area contributed by atoms with Crippen LogP contribution in [0.1, 0.15) is 5.69 Å². The van der Waals surface area contributed by atoms with Crippen molar-refractivity contribution >= 4 is 45.5 Å². The number of aromatic nitrogens is 2. The largest absolute Gasteiger partial charge is 0.319 e. The van der Waals surface area contributed by atoms with Gasteiger partial charge in [-0.1, -0.05) is 42.1 Å². The van der Waals surface area contributed by atoms with Gasteiger partial charge in [-0.05, 0) is 24.3 Å². The van der Waals surface area contributed by atoms with Gasteiger partial charge < -0.3 is 4.98 Å². The highest BCUT2D eigenvalue weighted by atomic mass is 32.2. The average Bonchev–Trinajstić information content (AvgIpc) is 3.08. The van der Waals surface area contributed by atoms with Crippen molar-refractivity contribution in [1.29, 1.82) is 0 Å². The summed E-state index contributed by atoms with van der Waals surface area (Å²) in [5.41, 5.74) is 3.98. The van der Waals surface area contributed by atoms with Gasteiger partial charge in [-0.2, -0.15) is 0 Å². The van der Waals surface area contributed by atoms with Crippen LogP contribution in [0.4, 0.5) is 5.69 Å². The predicted octanol–water partition coefficient (Wildman–Crippen LogP) is 1.63. The molecule has 1 aromatic heterocycles. The maximum Gasteiger partial charge on any atom is 0.270 e. The average molecular weight is 393 g/mol. The fraction of sp³-hybridized carbons (Fsp3) is 0.105. The Labute approximate surface area is 163 Å². The fourth-order valence-corrected chi connectivity index (χ4v) is 3.59. The minimum atomic E-state index is -0.492. The van der Waals surface area contributed by atoms with Crippen molar-refractivity contribution in [2.75, 3.05) is 10.7 Å². The Morgan fingerprint density at radius 3 is 2.71 bits per heavy atom. The lowest BCUT2D eigenvalue weighted by molar-refractivity contribution is -0.120. The second-order valence-corrected chi connectivity index (χ2v) is 6.93. The standard InChI is InChI=1S/C19H15N5O3S/c25-16(10-15-18(27)21-14-9-5-4-8-13(14)20-15)22-23-19-24(17(26)11-28-19)12-6-2-1-3-7-12/h1-9H,10-11H2,(H,21,27)(H,22,25)/b23-19-. The van der Waals surface area contributed by atoms with Crippen LogP contribution in [-0.2, 0) is 16.0 Å². The highest BCUT2D eigenvalue weighted by molar-refractivity contribution is 8.15. The number of rotatable bonds is 4. The molecule has 9 heteroatoms. The van der Waals surface area contributed by atoms with Crippen LogP contribution >= 0.6 is 11.8 Å². The molecule has 8 nitrogen and oxygen atoms in total. The number of nitrogens with zero attached hydrogens (tertiary/aromatic N) is 3. The third-order valence-corrected chi connectivity index (χ3v) is 4.98. The van der Waals surface area contributed by atoms with Crippen LogP contribution in [0.2, 0.25) is 0 Å². The minimum Gasteiger partial charge on any atom is -0.319 e. The number of carbonyl (C=O) groups excluding carboxylic acids is 2. The summed E-state index contributed by atoms with van der Waals surface area (Å²) in [5, 5.41) is 4.44. The zero-order valence-corrected chi connectivity index (χ0v) is 15.4. The number of hydrazone groups is 1. The summed E-state index contributed by atoms with van der Waals surface area (Å²) in [6.45, 7) is 0. The summed E-state index contributed by atoms with van der Waals surface area (Å²) in [4.78, 5) is 44.9. The van der Waals surface area contributed by atoms with Crippen LogP contribution in [-0.4, -0.2) is 32.7 Å². The molecule has 1 aliphatic rings. The van der Waals surface area contributed by atoms with Crippen molar-refractivity contribution in [2.45, 2.75) is 6.42 Å². The van der Waals surface area contributed by atoms with Crippen LogP contribution in [0, 0.1) is 0 Å². The molecular formula is C19H15N5O3S. The second kappa shape index (κ2) is 7.65. The number of nitrogens with one attached hydrogen (secondary N) is 2. The molecule has 1 aliphatic heterocycles. The lowest BCUT2D eigenvalue weighted by atomic mass is 10.2. The number of anilines is 1. The number of aromatic amines is 1. The number of hydrogen-bond acceptors (Lipinski definition) is 6. The molecule has 28 heavy (non-hydrogen) atoms. The number of benzene rings is 2. The van der Waals surface area contributed by atoms with Crippen molar-refractivity contribution in [1.82, 2.24) is 15.4 Å². The molecule has 0 unspecified atom stereocenters. The third kappa shape index (κ3) is 3.65. The van der Waals surface area contributed by atoms with Gasteiger partial charge in [0.1, 0.15) is 5.69 Å². The van der Waals surface area contributed by atoms with Gasteiger partial charge in [0.05, 0.1) is 28.9 Å². The lowest BCUT2D eigenvalue weighted by Crippen LogP contribution is -2.32. The van der Waals surface area contributed by atoms with E-state index in [4.69, 9.17) is 0 Å². The summed E-state index contributed by atoms with van der Waals surface area (Å²) in [6.07, 6.45) is -0.221. The van der Waals surface area contributed by atoms with Gasteiger partial charge in [-0.3, -0.25) is 19.3 Å². The number of amides is 2. The van der Waals surface area contributed by atoms with Gasteiger partial charge in [0.25, 0.3) is 5.56 Å². The first kappa shape index (κ1) is 17.9. The Hall–Kier alpha value is -3.46. The molecule has 0 aliphatic carbocycles. The van der Waals surface area contributed by atoms with Crippen molar-refractivity contribution in [2.24, 2.45) is 5.10 Å². The normalized spacial score (nSPS) is 15.4. The van der Waals surface area contributed by atoms with E-state index in [0.717, 1.165) is 0 Å². The number of fused-ring (bicyclic) bond motifs is 1. The smallest absolute Gasteiger partial charge is 0.270 e.